The Balaban J connectivity index is 1.83. The van der Waals surface area contributed by atoms with Crippen molar-refractivity contribution in [1.29, 1.82) is 0 Å². The number of urea groups is 1. The number of methoxy groups -OCH3 is 1. The summed E-state index contributed by atoms with van der Waals surface area (Å²) in [6.07, 6.45) is 0.647. The van der Waals surface area contributed by atoms with E-state index < -0.39 is 0 Å². The van der Waals surface area contributed by atoms with Crippen molar-refractivity contribution < 1.29 is 19.1 Å². The van der Waals surface area contributed by atoms with Crippen molar-refractivity contribution in [3.63, 3.8) is 0 Å². The number of ether oxygens (including phenoxy) is 1. The monoisotopic (exact) mass is 342 g/mol. The number of fused-ring (bicyclic) bond motifs is 3. The van der Waals surface area contributed by atoms with Gasteiger partial charge in [-0.05, 0) is 24.5 Å². The summed E-state index contributed by atoms with van der Waals surface area (Å²) in [7, 11) is 1.57. The number of carbonyl (C=O) groups is 1. The third kappa shape index (κ3) is 3.69. The highest BCUT2D eigenvalue weighted by molar-refractivity contribution is 6.07. The van der Waals surface area contributed by atoms with E-state index in [9.17, 15) is 4.79 Å². The predicted octanol–water partition coefficient (Wildman–Crippen LogP) is 3.73. The van der Waals surface area contributed by atoms with Gasteiger partial charge in [0.1, 0.15) is 16.9 Å². The Hall–Kier alpha value is -2.73. The standard InChI is InChI=1S/C19H22N2O4/c1-12(7-8-22)11-20-19(23)21-15-10-17-14(9-18(15)24-2)13-5-3-4-6-16(13)25-17/h3-6,9-10,12,22H,7-8,11H2,1-2H3,(H2,20,21,23). The fraction of sp³-hybridized carbons (Fsp3) is 0.316. The molecule has 1 aromatic heterocycles. The molecule has 1 unspecified atom stereocenters. The maximum atomic E-state index is 12.1. The fourth-order valence-electron chi connectivity index (χ4n) is 2.77. The van der Waals surface area contributed by atoms with Crippen LogP contribution in [0.5, 0.6) is 5.75 Å². The summed E-state index contributed by atoms with van der Waals surface area (Å²) in [6.45, 7) is 2.57. The van der Waals surface area contributed by atoms with Crippen LogP contribution in [-0.4, -0.2) is 31.4 Å². The lowest BCUT2D eigenvalue weighted by atomic mass is 10.1. The van der Waals surface area contributed by atoms with Crippen molar-refractivity contribution in [2.45, 2.75) is 13.3 Å². The van der Waals surface area contributed by atoms with Gasteiger partial charge in [0, 0.05) is 30.0 Å². The van der Waals surface area contributed by atoms with Gasteiger partial charge < -0.3 is 24.9 Å². The van der Waals surface area contributed by atoms with Crippen molar-refractivity contribution in [2.75, 3.05) is 25.6 Å². The lowest BCUT2D eigenvalue weighted by Gasteiger charge is -2.14. The molecular weight excluding hydrogens is 320 g/mol. The molecule has 0 saturated heterocycles. The Labute approximate surface area is 145 Å². The zero-order chi connectivity index (χ0) is 17.8. The molecule has 1 atom stereocenters. The van der Waals surface area contributed by atoms with Crippen LogP contribution in [0.4, 0.5) is 10.5 Å². The first-order valence-electron chi connectivity index (χ1n) is 8.27. The molecule has 3 aromatic rings. The van der Waals surface area contributed by atoms with E-state index in [2.05, 4.69) is 10.6 Å². The molecular formula is C19H22N2O4. The van der Waals surface area contributed by atoms with Crippen molar-refractivity contribution in [3.05, 3.63) is 36.4 Å². The van der Waals surface area contributed by atoms with Crippen molar-refractivity contribution in [2.24, 2.45) is 5.92 Å². The molecule has 0 aliphatic carbocycles. The number of para-hydroxylation sites is 1. The topological polar surface area (TPSA) is 83.7 Å². The number of furan rings is 1. The Morgan fingerprint density at radius 1 is 1.24 bits per heavy atom. The predicted molar refractivity (Wildman–Crippen MR) is 98.2 cm³/mol. The average Bonchev–Trinajstić information content (AvgIpc) is 2.97. The first-order valence-corrected chi connectivity index (χ1v) is 8.27. The van der Waals surface area contributed by atoms with E-state index in [0.29, 0.717) is 30.0 Å². The number of aliphatic hydroxyl groups is 1. The maximum Gasteiger partial charge on any atom is 0.319 e. The Bertz CT molecular complexity index is 888. The van der Waals surface area contributed by atoms with E-state index in [0.717, 1.165) is 16.4 Å². The van der Waals surface area contributed by atoms with Gasteiger partial charge in [0.05, 0.1) is 12.8 Å². The molecule has 6 nitrogen and oxygen atoms in total. The second kappa shape index (κ2) is 7.44. The Kier molecular flexibility index (Phi) is 5.09. The van der Waals surface area contributed by atoms with Gasteiger partial charge in [-0.2, -0.15) is 0 Å². The highest BCUT2D eigenvalue weighted by atomic mass is 16.5. The van der Waals surface area contributed by atoms with Gasteiger partial charge in [-0.1, -0.05) is 25.1 Å². The molecule has 0 aliphatic rings. The van der Waals surface area contributed by atoms with Gasteiger partial charge >= 0.3 is 6.03 Å². The third-order valence-electron chi connectivity index (χ3n) is 4.18. The molecule has 25 heavy (non-hydrogen) atoms. The van der Waals surface area contributed by atoms with Gasteiger partial charge in [-0.25, -0.2) is 4.79 Å². The van der Waals surface area contributed by atoms with Crippen LogP contribution in [0, 0.1) is 5.92 Å². The number of carbonyl (C=O) groups excluding carboxylic acids is 1. The average molecular weight is 342 g/mol. The van der Waals surface area contributed by atoms with E-state index in [1.807, 2.05) is 37.3 Å². The Morgan fingerprint density at radius 3 is 2.80 bits per heavy atom. The molecule has 0 aliphatic heterocycles. The molecule has 6 heteroatoms. The number of hydrogen-bond donors (Lipinski definition) is 3. The maximum absolute atomic E-state index is 12.1. The normalized spacial score (nSPS) is 12.3. The minimum Gasteiger partial charge on any atom is -0.495 e. The van der Waals surface area contributed by atoms with Crippen LogP contribution in [0.3, 0.4) is 0 Å². The van der Waals surface area contributed by atoms with Crippen LogP contribution in [0.25, 0.3) is 21.9 Å². The van der Waals surface area contributed by atoms with E-state index in [-0.39, 0.29) is 18.6 Å². The van der Waals surface area contributed by atoms with Gasteiger partial charge in [-0.3, -0.25) is 0 Å². The summed E-state index contributed by atoms with van der Waals surface area (Å²) in [6, 6.07) is 11.1. The van der Waals surface area contributed by atoms with Crippen molar-refractivity contribution in [3.8, 4) is 5.75 Å². The van der Waals surface area contributed by atoms with Crippen LogP contribution in [-0.2, 0) is 0 Å². The van der Waals surface area contributed by atoms with Gasteiger partial charge in [-0.15, -0.1) is 0 Å². The van der Waals surface area contributed by atoms with Crippen molar-refractivity contribution in [1.82, 2.24) is 5.32 Å². The van der Waals surface area contributed by atoms with Crippen molar-refractivity contribution >= 4 is 33.7 Å². The number of aliphatic hydroxyl groups excluding tert-OH is 1. The summed E-state index contributed by atoms with van der Waals surface area (Å²) >= 11 is 0. The largest absolute Gasteiger partial charge is 0.495 e. The molecule has 2 aromatic carbocycles. The molecule has 1 heterocycles. The first kappa shape index (κ1) is 17.1. The molecule has 0 saturated carbocycles. The number of anilines is 1. The van der Waals surface area contributed by atoms with Crippen LogP contribution in [0.15, 0.2) is 40.8 Å². The Morgan fingerprint density at radius 2 is 2.04 bits per heavy atom. The lowest BCUT2D eigenvalue weighted by Crippen LogP contribution is -2.32. The lowest BCUT2D eigenvalue weighted by molar-refractivity contribution is 0.243. The van der Waals surface area contributed by atoms with Gasteiger partial charge in [0.25, 0.3) is 0 Å². The van der Waals surface area contributed by atoms with Crippen LogP contribution in [0.1, 0.15) is 13.3 Å². The third-order valence-corrected chi connectivity index (χ3v) is 4.18. The molecule has 3 N–H and O–H groups in total. The van der Waals surface area contributed by atoms with Crippen LogP contribution < -0.4 is 15.4 Å². The second-order valence-corrected chi connectivity index (χ2v) is 6.10. The summed E-state index contributed by atoms with van der Waals surface area (Å²) in [4.78, 5) is 12.1. The van der Waals surface area contributed by atoms with E-state index >= 15 is 0 Å². The number of hydrogen-bond acceptors (Lipinski definition) is 4. The van der Waals surface area contributed by atoms with Crippen LogP contribution >= 0.6 is 0 Å². The summed E-state index contributed by atoms with van der Waals surface area (Å²) < 4.78 is 11.3. The highest BCUT2D eigenvalue weighted by Gasteiger charge is 2.14. The number of amides is 2. The first-order chi connectivity index (χ1) is 12.1. The number of rotatable bonds is 6. The van der Waals surface area contributed by atoms with E-state index in [4.69, 9.17) is 14.3 Å². The molecule has 2 amide bonds. The molecule has 0 radical (unpaired) electrons. The molecule has 0 fully saturated rings. The van der Waals surface area contributed by atoms with E-state index in [1.54, 1.807) is 13.2 Å². The second-order valence-electron chi connectivity index (χ2n) is 6.10. The quantitative estimate of drug-likeness (QED) is 0.637. The summed E-state index contributed by atoms with van der Waals surface area (Å²) in [5.74, 6) is 0.771. The molecule has 3 rings (SSSR count). The smallest absolute Gasteiger partial charge is 0.319 e. The van der Waals surface area contributed by atoms with E-state index in [1.165, 1.54) is 0 Å². The number of benzene rings is 2. The molecule has 0 spiro atoms. The van der Waals surface area contributed by atoms with Gasteiger partial charge in [0.2, 0.25) is 0 Å². The van der Waals surface area contributed by atoms with Crippen LogP contribution in [0.2, 0.25) is 0 Å². The fourth-order valence-corrected chi connectivity index (χ4v) is 2.77. The minimum absolute atomic E-state index is 0.112. The molecule has 0 bridgehead atoms. The molecule has 132 valence electrons. The van der Waals surface area contributed by atoms with Gasteiger partial charge in [0.15, 0.2) is 0 Å². The number of nitrogens with one attached hydrogen (secondary N) is 2. The summed E-state index contributed by atoms with van der Waals surface area (Å²) in [5, 5.41) is 16.4. The zero-order valence-electron chi connectivity index (χ0n) is 14.3. The zero-order valence-corrected chi connectivity index (χ0v) is 14.3. The SMILES string of the molecule is COc1cc2c(cc1NC(=O)NCC(C)CCO)oc1ccccc12. The minimum atomic E-state index is -0.321. The highest BCUT2D eigenvalue weighted by Crippen LogP contribution is 2.36. The summed E-state index contributed by atoms with van der Waals surface area (Å²) in [5.41, 5.74) is 2.02.